The standard InChI is InChI=1S/C21H31N5O8S/c1-35-7-6-14(19(31)26-16(10-27)21(33)34)24-20(32)15(9-17(23)29)25-18(30)13(22)8-11-2-4-12(28)5-3-11/h2-5,13-16,27-28H,6-10,22H2,1H3,(H2,23,29)(H,24,32)(H,25,30)(H,26,31)(H,33,34). The lowest BCUT2D eigenvalue weighted by molar-refractivity contribution is -0.143. The number of carbonyl (C=O) groups excluding carboxylic acids is 4. The molecule has 0 radical (unpaired) electrons. The summed E-state index contributed by atoms with van der Waals surface area (Å²) in [7, 11) is 0. The van der Waals surface area contributed by atoms with Gasteiger partial charge in [0.2, 0.25) is 23.6 Å². The van der Waals surface area contributed by atoms with Crippen molar-refractivity contribution in [3.63, 3.8) is 0 Å². The number of phenols is 1. The lowest BCUT2D eigenvalue weighted by Gasteiger charge is -2.24. The molecule has 0 fully saturated rings. The molecule has 1 aromatic carbocycles. The summed E-state index contributed by atoms with van der Waals surface area (Å²) in [4.78, 5) is 60.5. The SMILES string of the molecule is CSCCC(NC(=O)C(CC(N)=O)NC(=O)C(N)Cc1ccc(O)cc1)C(=O)NC(CO)C(=O)O. The maximum Gasteiger partial charge on any atom is 0.328 e. The van der Waals surface area contributed by atoms with Crippen LogP contribution in [0, 0.1) is 0 Å². The number of hydrogen-bond acceptors (Lipinski definition) is 9. The Labute approximate surface area is 206 Å². The quantitative estimate of drug-likeness (QED) is 0.122. The number of nitrogens with one attached hydrogen (secondary N) is 3. The molecule has 0 aromatic heterocycles. The number of primary amides is 1. The summed E-state index contributed by atoms with van der Waals surface area (Å²) < 4.78 is 0. The predicted octanol–water partition coefficient (Wildman–Crippen LogP) is -2.58. The third kappa shape index (κ3) is 10.6. The smallest absolute Gasteiger partial charge is 0.328 e. The van der Waals surface area contributed by atoms with Crippen LogP contribution in [-0.2, 0) is 30.4 Å². The van der Waals surface area contributed by atoms with Gasteiger partial charge in [0.05, 0.1) is 19.1 Å². The van der Waals surface area contributed by atoms with Crippen LogP contribution in [0.2, 0.25) is 0 Å². The molecule has 0 aliphatic heterocycles. The maximum atomic E-state index is 12.8. The van der Waals surface area contributed by atoms with Crippen molar-refractivity contribution in [3.8, 4) is 5.75 Å². The zero-order valence-electron chi connectivity index (χ0n) is 19.1. The van der Waals surface area contributed by atoms with Gasteiger partial charge >= 0.3 is 5.97 Å². The Hall–Kier alpha value is -3.36. The molecule has 0 saturated carbocycles. The van der Waals surface area contributed by atoms with Gasteiger partial charge in [0.25, 0.3) is 0 Å². The molecule has 194 valence electrons. The number of nitrogens with two attached hydrogens (primary N) is 2. The maximum absolute atomic E-state index is 12.8. The van der Waals surface area contributed by atoms with Gasteiger partial charge in [0.1, 0.15) is 23.9 Å². The van der Waals surface area contributed by atoms with Crippen LogP contribution in [0.15, 0.2) is 24.3 Å². The van der Waals surface area contributed by atoms with Crippen molar-refractivity contribution < 1.29 is 39.3 Å². The van der Waals surface area contributed by atoms with Crippen molar-refractivity contribution in [2.24, 2.45) is 11.5 Å². The van der Waals surface area contributed by atoms with Crippen molar-refractivity contribution in [1.29, 1.82) is 0 Å². The number of benzene rings is 1. The van der Waals surface area contributed by atoms with Crippen LogP contribution in [0.25, 0.3) is 0 Å². The number of carbonyl (C=O) groups is 5. The highest BCUT2D eigenvalue weighted by Gasteiger charge is 2.30. The molecule has 0 aliphatic carbocycles. The molecular weight excluding hydrogens is 482 g/mol. The predicted molar refractivity (Wildman–Crippen MR) is 127 cm³/mol. The lowest BCUT2D eigenvalue weighted by Crippen LogP contribution is -2.58. The molecule has 4 atom stereocenters. The fraction of sp³-hybridized carbons (Fsp3) is 0.476. The van der Waals surface area contributed by atoms with Crippen LogP contribution in [0.1, 0.15) is 18.4 Å². The number of phenolic OH excluding ortho intramolecular Hbond substituents is 1. The minimum atomic E-state index is -1.57. The van der Waals surface area contributed by atoms with E-state index in [1.54, 1.807) is 18.4 Å². The van der Waals surface area contributed by atoms with Gasteiger partial charge in [0, 0.05) is 0 Å². The summed E-state index contributed by atoms with van der Waals surface area (Å²) in [6.45, 7) is -0.858. The van der Waals surface area contributed by atoms with E-state index in [4.69, 9.17) is 21.7 Å². The second kappa shape index (κ2) is 14.8. The van der Waals surface area contributed by atoms with Gasteiger partial charge in [-0.2, -0.15) is 11.8 Å². The van der Waals surface area contributed by atoms with Crippen LogP contribution in [0.5, 0.6) is 5.75 Å². The summed E-state index contributed by atoms with van der Waals surface area (Å²) in [5.41, 5.74) is 11.8. The first-order valence-electron chi connectivity index (χ1n) is 10.5. The van der Waals surface area contributed by atoms with E-state index in [-0.39, 0.29) is 18.6 Å². The number of aliphatic hydroxyl groups is 1. The molecule has 1 rings (SSSR count). The molecule has 0 spiro atoms. The van der Waals surface area contributed by atoms with Gasteiger partial charge in [0.15, 0.2) is 0 Å². The van der Waals surface area contributed by atoms with Crippen molar-refractivity contribution >= 4 is 41.4 Å². The van der Waals surface area contributed by atoms with Crippen molar-refractivity contribution in [2.45, 2.75) is 43.4 Å². The number of thioether (sulfide) groups is 1. The Morgan fingerprint density at radius 2 is 1.49 bits per heavy atom. The van der Waals surface area contributed by atoms with Crippen molar-refractivity contribution in [1.82, 2.24) is 16.0 Å². The Balaban J connectivity index is 2.92. The molecule has 10 N–H and O–H groups in total. The van der Waals surface area contributed by atoms with Crippen LogP contribution in [0.4, 0.5) is 0 Å². The fourth-order valence-corrected chi connectivity index (χ4v) is 3.37. The van der Waals surface area contributed by atoms with E-state index in [2.05, 4.69) is 16.0 Å². The van der Waals surface area contributed by atoms with E-state index in [1.807, 2.05) is 0 Å². The molecule has 4 unspecified atom stereocenters. The van der Waals surface area contributed by atoms with E-state index >= 15 is 0 Å². The van der Waals surface area contributed by atoms with E-state index in [9.17, 15) is 29.1 Å². The first-order valence-corrected chi connectivity index (χ1v) is 11.9. The Morgan fingerprint density at radius 3 is 2.00 bits per heavy atom. The number of aliphatic carboxylic acids is 1. The van der Waals surface area contributed by atoms with Crippen molar-refractivity contribution in [3.05, 3.63) is 29.8 Å². The lowest BCUT2D eigenvalue weighted by atomic mass is 10.0. The molecular formula is C21H31N5O8S. The highest BCUT2D eigenvalue weighted by molar-refractivity contribution is 7.98. The highest BCUT2D eigenvalue weighted by Crippen LogP contribution is 2.11. The van der Waals surface area contributed by atoms with E-state index in [0.29, 0.717) is 11.3 Å². The minimum absolute atomic E-state index is 0.0405. The van der Waals surface area contributed by atoms with Gasteiger partial charge < -0.3 is 42.7 Å². The zero-order chi connectivity index (χ0) is 26.5. The number of hydrogen-bond donors (Lipinski definition) is 8. The van der Waals surface area contributed by atoms with Gasteiger partial charge in [-0.3, -0.25) is 19.2 Å². The molecule has 4 amide bonds. The monoisotopic (exact) mass is 513 g/mol. The van der Waals surface area contributed by atoms with E-state index in [1.165, 1.54) is 23.9 Å². The number of amides is 4. The van der Waals surface area contributed by atoms with Crippen molar-refractivity contribution in [2.75, 3.05) is 18.6 Å². The van der Waals surface area contributed by atoms with E-state index in [0.717, 1.165) is 0 Å². The summed E-state index contributed by atoms with van der Waals surface area (Å²) in [6, 6.07) is 0.673. The number of rotatable bonds is 15. The number of carboxylic acids is 1. The first-order chi connectivity index (χ1) is 16.5. The number of aliphatic hydroxyl groups excluding tert-OH is 1. The topological polar surface area (TPSA) is 234 Å². The third-order valence-corrected chi connectivity index (χ3v) is 5.45. The minimum Gasteiger partial charge on any atom is -0.508 e. The molecule has 0 saturated heterocycles. The normalized spacial score (nSPS) is 14.1. The molecule has 0 aliphatic rings. The van der Waals surface area contributed by atoms with Gasteiger partial charge in [-0.15, -0.1) is 0 Å². The zero-order valence-corrected chi connectivity index (χ0v) is 19.9. The average molecular weight is 514 g/mol. The highest BCUT2D eigenvalue weighted by atomic mass is 32.2. The molecule has 13 nitrogen and oxygen atoms in total. The first kappa shape index (κ1) is 29.7. The largest absolute Gasteiger partial charge is 0.508 e. The Bertz CT molecular complexity index is 898. The van der Waals surface area contributed by atoms with Gasteiger partial charge in [-0.1, -0.05) is 12.1 Å². The van der Waals surface area contributed by atoms with Gasteiger partial charge in [-0.05, 0) is 42.5 Å². The number of carboxylic acid groups (broad SMARTS) is 1. The summed E-state index contributed by atoms with van der Waals surface area (Å²) in [5, 5.41) is 34.4. The molecule has 1 aromatic rings. The van der Waals surface area contributed by atoms with Crippen LogP contribution in [-0.4, -0.2) is 87.7 Å². The molecule has 0 heterocycles. The second-order valence-electron chi connectivity index (χ2n) is 7.63. The molecule has 0 bridgehead atoms. The van der Waals surface area contributed by atoms with Crippen LogP contribution < -0.4 is 27.4 Å². The summed E-state index contributed by atoms with van der Waals surface area (Å²) in [6.07, 6.45) is 1.37. The van der Waals surface area contributed by atoms with Crippen LogP contribution in [0.3, 0.4) is 0 Å². The Kier molecular flexibility index (Phi) is 12.6. The van der Waals surface area contributed by atoms with Gasteiger partial charge in [-0.25, -0.2) is 4.79 Å². The fourth-order valence-electron chi connectivity index (χ4n) is 2.90. The second-order valence-corrected chi connectivity index (χ2v) is 8.62. The third-order valence-electron chi connectivity index (χ3n) is 4.81. The Morgan fingerprint density at radius 1 is 0.943 bits per heavy atom. The van der Waals surface area contributed by atoms with E-state index < -0.39 is 66.8 Å². The molecule has 35 heavy (non-hydrogen) atoms. The average Bonchev–Trinajstić information content (AvgIpc) is 2.80. The van der Waals surface area contributed by atoms with Crippen LogP contribution >= 0.6 is 11.8 Å². The summed E-state index contributed by atoms with van der Waals surface area (Å²) in [5.74, 6) is -4.41. The number of aromatic hydroxyl groups is 1. The molecule has 14 heteroatoms. The summed E-state index contributed by atoms with van der Waals surface area (Å²) >= 11 is 1.37.